The number of carbonyl (C=O) groups is 2. The molecule has 3 N–H and O–H groups in total. The summed E-state index contributed by atoms with van der Waals surface area (Å²) in [7, 11) is 0. The quantitative estimate of drug-likeness (QED) is 0.802. The molecule has 1 aromatic rings. The van der Waals surface area contributed by atoms with Crippen LogP contribution >= 0.6 is 0 Å². The normalized spacial score (nSPS) is 17.6. The number of hydrogen-bond donors (Lipinski definition) is 2. The van der Waals surface area contributed by atoms with E-state index in [-0.39, 0.29) is 30.8 Å². The minimum Gasteiger partial charge on any atom is -0.345 e. The fraction of sp³-hybridized carbons (Fsp3) is 0.385. The predicted molar refractivity (Wildman–Crippen MR) is 69.3 cm³/mol. The van der Waals surface area contributed by atoms with Crippen LogP contribution in [-0.2, 0) is 9.59 Å². The van der Waals surface area contributed by atoms with Gasteiger partial charge in [0, 0.05) is 5.69 Å². The highest BCUT2D eigenvalue weighted by atomic mass is 16.2. The Kier molecular flexibility index (Phi) is 3.62. The summed E-state index contributed by atoms with van der Waals surface area (Å²) in [5.41, 5.74) is 7.47. The van der Waals surface area contributed by atoms with Gasteiger partial charge in [0.1, 0.15) is 6.54 Å². The van der Waals surface area contributed by atoms with E-state index in [2.05, 4.69) is 5.32 Å². The van der Waals surface area contributed by atoms with Gasteiger partial charge in [-0.2, -0.15) is 0 Å². The lowest BCUT2D eigenvalue weighted by Crippen LogP contribution is -2.51. The van der Waals surface area contributed by atoms with Crippen molar-refractivity contribution in [3.05, 3.63) is 29.8 Å². The van der Waals surface area contributed by atoms with Crippen LogP contribution in [0.2, 0.25) is 0 Å². The van der Waals surface area contributed by atoms with Gasteiger partial charge in [-0.05, 0) is 30.2 Å². The third-order valence-electron chi connectivity index (χ3n) is 3.14. The van der Waals surface area contributed by atoms with Crippen LogP contribution in [0.5, 0.6) is 0 Å². The molecular weight excluding hydrogens is 230 g/mol. The van der Waals surface area contributed by atoms with Crippen molar-refractivity contribution < 1.29 is 9.59 Å². The van der Waals surface area contributed by atoms with Crippen molar-refractivity contribution in [3.63, 3.8) is 0 Å². The second-order valence-electron chi connectivity index (χ2n) is 4.49. The first-order valence-electron chi connectivity index (χ1n) is 5.99. The van der Waals surface area contributed by atoms with Crippen LogP contribution in [0, 0.1) is 0 Å². The number of nitrogens with two attached hydrogens (primary N) is 1. The first-order chi connectivity index (χ1) is 8.61. The highest BCUT2D eigenvalue weighted by Crippen LogP contribution is 2.22. The Bertz CT molecular complexity index is 473. The van der Waals surface area contributed by atoms with Crippen LogP contribution < -0.4 is 16.0 Å². The molecule has 2 amide bonds. The number of hydrogen-bond acceptors (Lipinski definition) is 3. The van der Waals surface area contributed by atoms with Gasteiger partial charge in [-0.3, -0.25) is 9.59 Å². The molecule has 96 valence electrons. The van der Waals surface area contributed by atoms with Crippen LogP contribution in [0.25, 0.3) is 0 Å². The summed E-state index contributed by atoms with van der Waals surface area (Å²) in [6.45, 7) is 2.73. The molecule has 1 fully saturated rings. The lowest BCUT2D eigenvalue weighted by Gasteiger charge is -2.27. The van der Waals surface area contributed by atoms with Crippen LogP contribution in [0.1, 0.15) is 18.4 Å². The molecule has 1 heterocycles. The number of nitrogens with one attached hydrogen (secondary N) is 1. The maximum Gasteiger partial charge on any atom is 0.246 e. The van der Waals surface area contributed by atoms with E-state index < -0.39 is 0 Å². The fourth-order valence-corrected chi connectivity index (χ4v) is 1.93. The summed E-state index contributed by atoms with van der Waals surface area (Å²) in [5.74, 6) is 0.0118. The standard InChI is InChI=1S/C13H17N3O2/c1-9(6-14)10-3-2-4-11(5-10)16-8-12(17)15-7-13(16)18/h2-5,9H,6-8,14H2,1H3,(H,15,17). The summed E-state index contributed by atoms with van der Waals surface area (Å²) < 4.78 is 0. The number of amides is 2. The molecule has 1 saturated heterocycles. The number of carbonyl (C=O) groups excluding carboxylic acids is 2. The summed E-state index contributed by atoms with van der Waals surface area (Å²) >= 11 is 0. The van der Waals surface area contributed by atoms with E-state index in [1.807, 2.05) is 31.2 Å². The fourth-order valence-electron chi connectivity index (χ4n) is 1.93. The summed E-state index contributed by atoms with van der Waals surface area (Å²) in [5, 5.41) is 2.53. The highest BCUT2D eigenvalue weighted by molar-refractivity contribution is 6.04. The van der Waals surface area contributed by atoms with Crippen molar-refractivity contribution in [1.82, 2.24) is 5.32 Å². The number of benzene rings is 1. The van der Waals surface area contributed by atoms with Crippen molar-refractivity contribution in [3.8, 4) is 0 Å². The number of nitrogens with zero attached hydrogens (tertiary/aromatic N) is 1. The molecule has 0 spiro atoms. The number of rotatable bonds is 3. The van der Waals surface area contributed by atoms with Crippen LogP contribution in [0.4, 0.5) is 5.69 Å². The van der Waals surface area contributed by atoms with Crippen LogP contribution in [0.15, 0.2) is 24.3 Å². The third-order valence-corrected chi connectivity index (χ3v) is 3.14. The molecule has 18 heavy (non-hydrogen) atoms. The first-order valence-corrected chi connectivity index (χ1v) is 5.99. The maximum absolute atomic E-state index is 11.8. The molecule has 0 radical (unpaired) electrons. The molecule has 0 aromatic heterocycles. The van der Waals surface area contributed by atoms with Gasteiger partial charge in [0.25, 0.3) is 0 Å². The van der Waals surface area contributed by atoms with Crippen molar-refractivity contribution in [2.24, 2.45) is 5.73 Å². The van der Waals surface area contributed by atoms with Crippen molar-refractivity contribution >= 4 is 17.5 Å². The molecule has 1 aliphatic rings. The van der Waals surface area contributed by atoms with Crippen molar-refractivity contribution in [2.75, 3.05) is 24.5 Å². The lowest BCUT2D eigenvalue weighted by molar-refractivity contribution is -0.128. The van der Waals surface area contributed by atoms with E-state index in [9.17, 15) is 9.59 Å². The zero-order valence-corrected chi connectivity index (χ0v) is 10.3. The predicted octanol–water partition coefficient (Wildman–Crippen LogP) is 0.212. The Labute approximate surface area is 106 Å². The van der Waals surface area contributed by atoms with Crippen LogP contribution in [0.3, 0.4) is 0 Å². The second-order valence-corrected chi connectivity index (χ2v) is 4.49. The Morgan fingerprint density at radius 2 is 2.22 bits per heavy atom. The van der Waals surface area contributed by atoms with Gasteiger partial charge < -0.3 is 16.0 Å². The Hall–Kier alpha value is -1.88. The molecule has 0 bridgehead atoms. The van der Waals surface area contributed by atoms with Gasteiger partial charge in [0.15, 0.2) is 0 Å². The Morgan fingerprint density at radius 1 is 1.44 bits per heavy atom. The molecule has 0 saturated carbocycles. The lowest BCUT2D eigenvalue weighted by atomic mass is 10.0. The van der Waals surface area contributed by atoms with E-state index in [1.54, 1.807) is 0 Å². The molecule has 5 heteroatoms. The van der Waals surface area contributed by atoms with Crippen molar-refractivity contribution in [1.29, 1.82) is 0 Å². The minimum atomic E-state index is -0.133. The van der Waals surface area contributed by atoms with E-state index in [0.717, 1.165) is 11.3 Å². The van der Waals surface area contributed by atoms with Crippen molar-refractivity contribution in [2.45, 2.75) is 12.8 Å². The van der Waals surface area contributed by atoms with Crippen LogP contribution in [-0.4, -0.2) is 31.4 Å². The van der Waals surface area contributed by atoms with Gasteiger partial charge in [-0.15, -0.1) is 0 Å². The molecule has 0 aliphatic carbocycles. The SMILES string of the molecule is CC(CN)c1cccc(N2CC(=O)NCC2=O)c1. The zero-order chi connectivity index (χ0) is 13.1. The van der Waals surface area contributed by atoms with Gasteiger partial charge in [-0.1, -0.05) is 19.1 Å². The molecule has 1 unspecified atom stereocenters. The van der Waals surface area contributed by atoms with Gasteiger partial charge in [0.2, 0.25) is 11.8 Å². The van der Waals surface area contributed by atoms with Gasteiger partial charge >= 0.3 is 0 Å². The van der Waals surface area contributed by atoms with E-state index in [0.29, 0.717) is 6.54 Å². The maximum atomic E-state index is 11.8. The molecule has 1 atom stereocenters. The third kappa shape index (κ3) is 2.51. The summed E-state index contributed by atoms with van der Waals surface area (Å²) in [6.07, 6.45) is 0. The molecular formula is C13H17N3O2. The average molecular weight is 247 g/mol. The Morgan fingerprint density at radius 3 is 2.94 bits per heavy atom. The largest absolute Gasteiger partial charge is 0.345 e. The molecule has 1 aliphatic heterocycles. The van der Waals surface area contributed by atoms with Gasteiger partial charge in [-0.25, -0.2) is 0 Å². The van der Waals surface area contributed by atoms with E-state index >= 15 is 0 Å². The molecule has 5 nitrogen and oxygen atoms in total. The summed E-state index contributed by atoms with van der Waals surface area (Å²) in [4.78, 5) is 24.6. The van der Waals surface area contributed by atoms with E-state index in [4.69, 9.17) is 5.73 Å². The number of piperazine rings is 1. The second kappa shape index (κ2) is 5.18. The average Bonchev–Trinajstić information content (AvgIpc) is 2.40. The Balaban J connectivity index is 2.27. The summed E-state index contributed by atoms with van der Waals surface area (Å²) in [6, 6.07) is 7.63. The smallest absolute Gasteiger partial charge is 0.246 e. The topological polar surface area (TPSA) is 75.4 Å². The van der Waals surface area contributed by atoms with E-state index in [1.165, 1.54) is 4.90 Å². The zero-order valence-electron chi connectivity index (χ0n) is 10.3. The van der Waals surface area contributed by atoms with Gasteiger partial charge in [0.05, 0.1) is 6.54 Å². The minimum absolute atomic E-state index is 0.0650. The monoisotopic (exact) mass is 247 g/mol. The first kappa shape index (κ1) is 12.6. The molecule has 1 aromatic carbocycles. The number of anilines is 1. The highest BCUT2D eigenvalue weighted by Gasteiger charge is 2.24. The molecule has 2 rings (SSSR count).